The Balaban J connectivity index is 1.90. The Hall–Kier alpha value is -2.36. The van der Waals surface area contributed by atoms with Gasteiger partial charge >= 0.3 is 0 Å². The normalized spacial score (nSPS) is 12.5. The van der Waals surface area contributed by atoms with Crippen molar-refractivity contribution in [2.45, 2.75) is 39.2 Å². The average molecular weight is 329 g/mol. The average Bonchev–Trinajstić information content (AvgIpc) is 2.53. The second-order valence-electron chi connectivity index (χ2n) is 6.88. The number of hydrogen-bond donors (Lipinski definition) is 1. The number of hydrogen-bond acceptors (Lipinski definition) is 2. The summed E-state index contributed by atoms with van der Waals surface area (Å²) in [6.45, 7) is 8.17. The molecule has 4 heteroatoms. The van der Waals surface area contributed by atoms with Crippen LogP contribution in [-0.4, -0.2) is 12.5 Å². The number of benzene rings is 2. The molecule has 3 nitrogen and oxygen atoms in total. The first-order valence-electron chi connectivity index (χ1n) is 8.04. The maximum Gasteiger partial charge on any atom is 0.258 e. The largest absolute Gasteiger partial charge is 0.481 e. The monoisotopic (exact) mass is 329 g/mol. The molecule has 0 fully saturated rings. The van der Waals surface area contributed by atoms with Crippen molar-refractivity contribution >= 4 is 5.91 Å². The molecule has 0 aliphatic carbocycles. The van der Waals surface area contributed by atoms with Gasteiger partial charge in [0.05, 0.1) is 6.04 Å². The van der Waals surface area contributed by atoms with Crippen molar-refractivity contribution in [2.75, 3.05) is 6.61 Å². The van der Waals surface area contributed by atoms with Crippen LogP contribution in [0.5, 0.6) is 5.75 Å². The van der Waals surface area contributed by atoms with Gasteiger partial charge in [-0.1, -0.05) is 57.2 Å². The van der Waals surface area contributed by atoms with Crippen molar-refractivity contribution in [2.24, 2.45) is 0 Å². The number of rotatable bonds is 5. The molecular weight excluding hydrogens is 305 g/mol. The molecule has 2 aromatic rings. The van der Waals surface area contributed by atoms with Gasteiger partial charge in [-0.25, -0.2) is 4.39 Å². The zero-order valence-corrected chi connectivity index (χ0v) is 14.6. The molecule has 128 valence electrons. The summed E-state index contributed by atoms with van der Waals surface area (Å²) in [7, 11) is 0. The van der Waals surface area contributed by atoms with Crippen molar-refractivity contribution in [1.82, 2.24) is 5.32 Å². The van der Waals surface area contributed by atoms with Crippen LogP contribution < -0.4 is 10.1 Å². The first-order valence-corrected chi connectivity index (χ1v) is 8.04. The van der Waals surface area contributed by atoms with Gasteiger partial charge in [0.25, 0.3) is 5.91 Å². The van der Waals surface area contributed by atoms with Gasteiger partial charge in [0.2, 0.25) is 0 Å². The molecule has 0 radical (unpaired) electrons. The maximum absolute atomic E-state index is 13.4. The van der Waals surface area contributed by atoms with Crippen LogP contribution in [0.15, 0.2) is 48.5 Å². The third-order valence-corrected chi connectivity index (χ3v) is 3.85. The van der Waals surface area contributed by atoms with Gasteiger partial charge in [-0.15, -0.1) is 0 Å². The number of ether oxygens (including phenoxy) is 1. The van der Waals surface area contributed by atoms with E-state index in [2.05, 4.69) is 38.2 Å². The lowest BCUT2D eigenvalue weighted by Gasteiger charge is -2.20. The Morgan fingerprint density at radius 3 is 2.33 bits per heavy atom. The van der Waals surface area contributed by atoms with E-state index in [0.29, 0.717) is 0 Å². The molecule has 24 heavy (non-hydrogen) atoms. The van der Waals surface area contributed by atoms with E-state index in [9.17, 15) is 9.18 Å². The van der Waals surface area contributed by atoms with Crippen molar-refractivity contribution in [3.8, 4) is 5.75 Å². The summed E-state index contributed by atoms with van der Waals surface area (Å²) in [4.78, 5) is 12.0. The third kappa shape index (κ3) is 4.82. The van der Waals surface area contributed by atoms with E-state index in [0.717, 1.165) is 5.56 Å². The Morgan fingerprint density at radius 1 is 1.12 bits per heavy atom. The van der Waals surface area contributed by atoms with Crippen LogP contribution in [-0.2, 0) is 10.2 Å². The molecule has 1 N–H and O–H groups in total. The molecule has 0 aliphatic heterocycles. The molecule has 0 aliphatic rings. The fraction of sp³-hybridized carbons (Fsp3) is 0.350. The topological polar surface area (TPSA) is 38.3 Å². The van der Waals surface area contributed by atoms with Crippen molar-refractivity contribution < 1.29 is 13.9 Å². The summed E-state index contributed by atoms with van der Waals surface area (Å²) in [5.74, 6) is -0.684. The molecule has 2 aromatic carbocycles. The molecule has 0 spiro atoms. The summed E-state index contributed by atoms with van der Waals surface area (Å²) >= 11 is 0. The SMILES string of the molecule is CC(NC(=O)COc1ccccc1F)c1ccc(C(C)(C)C)cc1. The smallest absolute Gasteiger partial charge is 0.258 e. The summed E-state index contributed by atoms with van der Waals surface area (Å²) < 4.78 is 18.7. The molecule has 0 heterocycles. The van der Waals surface area contributed by atoms with E-state index < -0.39 is 5.82 Å². The number of carbonyl (C=O) groups excluding carboxylic acids is 1. The summed E-state index contributed by atoms with van der Waals surface area (Å²) in [6, 6.07) is 14.1. The molecule has 0 aromatic heterocycles. The van der Waals surface area contributed by atoms with Crippen molar-refractivity contribution in [3.63, 3.8) is 0 Å². The molecule has 0 bridgehead atoms. The van der Waals surface area contributed by atoms with Gasteiger partial charge in [0, 0.05) is 0 Å². The van der Waals surface area contributed by atoms with Crippen LogP contribution >= 0.6 is 0 Å². The highest BCUT2D eigenvalue weighted by molar-refractivity contribution is 5.78. The number of para-hydroxylation sites is 1. The highest BCUT2D eigenvalue weighted by Crippen LogP contribution is 2.24. The second-order valence-corrected chi connectivity index (χ2v) is 6.88. The predicted molar refractivity (Wildman–Crippen MR) is 93.6 cm³/mol. The zero-order valence-electron chi connectivity index (χ0n) is 14.6. The molecule has 0 saturated heterocycles. The van der Waals surface area contributed by atoms with E-state index in [4.69, 9.17) is 4.74 Å². The summed E-state index contributed by atoms with van der Waals surface area (Å²) in [5.41, 5.74) is 2.36. The third-order valence-electron chi connectivity index (χ3n) is 3.85. The quantitative estimate of drug-likeness (QED) is 0.884. The molecule has 0 saturated carbocycles. The summed E-state index contributed by atoms with van der Waals surface area (Å²) in [6.07, 6.45) is 0. The predicted octanol–water partition coefficient (Wildman–Crippen LogP) is 4.38. The second kappa shape index (κ2) is 7.47. The van der Waals surface area contributed by atoms with Crippen LogP contribution in [0.4, 0.5) is 4.39 Å². The van der Waals surface area contributed by atoms with Crippen molar-refractivity contribution in [1.29, 1.82) is 0 Å². The highest BCUT2D eigenvalue weighted by Gasteiger charge is 2.15. The fourth-order valence-electron chi connectivity index (χ4n) is 2.34. The first-order chi connectivity index (χ1) is 11.3. The lowest BCUT2D eigenvalue weighted by molar-refractivity contribution is -0.123. The Bertz CT molecular complexity index is 690. The number of nitrogens with one attached hydrogen (secondary N) is 1. The van der Waals surface area contributed by atoms with E-state index in [1.807, 2.05) is 19.1 Å². The minimum absolute atomic E-state index is 0.0785. The molecular formula is C20H24FNO2. The Morgan fingerprint density at radius 2 is 1.75 bits per heavy atom. The lowest BCUT2D eigenvalue weighted by atomic mass is 9.86. The van der Waals surface area contributed by atoms with Crippen LogP contribution in [0.2, 0.25) is 0 Å². The number of halogens is 1. The lowest BCUT2D eigenvalue weighted by Crippen LogP contribution is -2.31. The van der Waals surface area contributed by atoms with E-state index in [-0.39, 0.29) is 29.7 Å². The zero-order chi connectivity index (χ0) is 17.7. The van der Waals surface area contributed by atoms with E-state index in [1.165, 1.54) is 17.7 Å². The van der Waals surface area contributed by atoms with Crippen molar-refractivity contribution in [3.05, 3.63) is 65.5 Å². The van der Waals surface area contributed by atoms with E-state index in [1.54, 1.807) is 12.1 Å². The summed E-state index contributed by atoms with van der Waals surface area (Å²) in [5, 5.41) is 2.86. The number of amides is 1. The van der Waals surface area contributed by atoms with Crippen LogP contribution in [0.1, 0.15) is 44.9 Å². The van der Waals surface area contributed by atoms with E-state index >= 15 is 0 Å². The first kappa shape index (κ1) is 18.0. The molecule has 1 amide bonds. The molecule has 1 atom stereocenters. The van der Waals surface area contributed by atoms with Gasteiger partial charge in [0.1, 0.15) is 0 Å². The Labute approximate surface area is 142 Å². The maximum atomic E-state index is 13.4. The number of carbonyl (C=O) groups is 1. The molecule has 2 rings (SSSR count). The highest BCUT2D eigenvalue weighted by atomic mass is 19.1. The van der Waals surface area contributed by atoms with Gasteiger partial charge in [-0.3, -0.25) is 4.79 Å². The van der Waals surface area contributed by atoms with Crippen LogP contribution in [0.25, 0.3) is 0 Å². The Kier molecular flexibility index (Phi) is 5.60. The minimum atomic E-state index is -0.476. The standard InChI is InChI=1S/C20H24FNO2/c1-14(15-9-11-16(12-10-15)20(2,3)4)22-19(23)13-24-18-8-6-5-7-17(18)21/h5-12,14H,13H2,1-4H3,(H,22,23). The van der Waals surface area contributed by atoms with Crippen LogP contribution in [0.3, 0.4) is 0 Å². The van der Waals surface area contributed by atoms with Gasteiger partial charge in [-0.05, 0) is 35.6 Å². The van der Waals surface area contributed by atoms with Gasteiger partial charge < -0.3 is 10.1 Å². The minimum Gasteiger partial charge on any atom is -0.481 e. The van der Waals surface area contributed by atoms with Gasteiger partial charge in [-0.2, -0.15) is 0 Å². The fourth-order valence-corrected chi connectivity index (χ4v) is 2.34. The molecule has 1 unspecified atom stereocenters. The van der Waals surface area contributed by atoms with Gasteiger partial charge in [0.15, 0.2) is 18.2 Å². The van der Waals surface area contributed by atoms with Crippen LogP contribution in [0, 0.1) is 5.82 Å².